The third-order valence-electron chi connectivity index (χ3n) is 2.05. The minimum Gasteiger partial charge on any atom is -0.506 e. The second-order valence-corrected chi connectivity index (χ2v) is 3.77. The molecule has 1 rings (SSSR count). The van der Waals surface area contributed by atoms with Gasteiger partial charge in [-0.3, -0.25) is 0 Å². The van der Waals surface area contributed by atoms with E-state index in [2.05, 4.69) is 20.8 Å². The van der Waals surface area contributed by atoms with E-state index in [0.717, 1.165) is 0 Å². The van der Waals surface area contributed by atoms with Crippen molar-refractivity contribution in [3.63, 3.8) is 0 Å². The maximum Gasteiger partial charge on any atom is 0.133 e. The van der Waals surface area contributed by atoms with Gasteiger partial charge in [0.05, 0.1) is 11.1 Å². The Bertz CT molecular complexity index is 318. The van der Waals surface area contributed by atoms with Crippen LogP contribution in [0.4, 0.5) is 4.39 Å². The van der Waals surface area contributed by atoms with Crippen LogP contribution in [0.2, 0.25) is 0 Å². The molecule has 14 heavy (non-hydrogen) atoms. The summed E-state index contributed by atoms with van der Waals surface area (Å²) in [5, 5.41) is 9.62. The van der Waals surface area contributed by atoms with Crippen LogP contribution in [-0.4, -0.2) is 11.7 Å². The van der Waals surface area contributed by atoms with E-state index < -0.39 is 0 Å². The van der Waals surface area contributed by atoms with Gasteiger partial charge in [0.2, 0.25) is 0 Å². The van der Waals surface area contributed by atoms with Crippen molar-refractivity contribution >= 4 is 15.9 Å². The lowest BCUT2D eigenvalue weighted by Gasteiger charge is -2.10. The molecule has 0 heterocycles. The van der Waals surface area contributed by atoms with E-state index in [1.54, 1.807) is 6.92 Å². The van der Waals surface area contributed by atoms with Crippen LogP contribution in [0.25, 0.3) is 0 Å². The van der Waals surface area contributed by atoms with Crippen molar-refractivity contribution < 1.29 is 14.3 Å². The molecule has 5 heteroatoms. The van der Waals surface area contributed by atoms with Crippen molar-refractivity contribution in [1.29, 1.82) is 0 Å². The molecule has 3 N–H and O–H groups in total. The van der Waals surface area contributed by atoms with E-state index in [9.17, 15) is 9.50 Å². The largest absolute Gasteiger partial charge is 0.506 e. The molecule has 0 aliphatic carbocycles. The summed E-state index contributed by atoms with van der Waals surface area (Å²) in [6.45, 7) is 1.84. The van der Waals surface area contributed by atoms with E-state index in [-0.39, 0.29) is 18.2 Å². The molecule has 0 saturated heterocycles. The van der Waals surface area contributed by atoms with Crippen molar-refractivity contribution in [2.24, 2.45) is 5.90 Å². The molecule has 0 bridgehead atoms. The normalized spacial score (nSPS) is 10.6. The molecule has 1 aromatic rings. The lowest BCUT2D eigenvalue weighted by atomic mass is 10.0. The highest BCUT2D eigenvalue weighted by molar-refractivity contribution is 9.10. The van der Waals surface area contributed by atoms with Crippen LogP contribution in [0.1, 0.15) is 11.1 Å². The van der Waals surface area contributed by atoms with Crippen LogP contribution >= 0.6 is 15.9 Å². The molecule has 0 fully saturated rings. The molecule has 0 amide bonds. The molecule has 0 spiro atoms. The Balaban J connectivity index is 3.11. The maximum absolute atomic E-state index is 13.2. The molecule has 0 aromatic heterocycles. The lowest BCUT2D eigenvalue weighted by Crippen LogP contribution is -2.06. The summed E-state index contributed by atoms with van der Waals surface area (Å²) in [6, 6.07) is 1.23. The predicted octanol–water partition coefficient (Wildman–Crippen LogP) is 2.04. The zero-order chi connectivity index (χ0) is 10.7. The highest BCUT2D eigenvalue weighted by Gasteiger charge is 2.13. The van der Waals surface area contributed by atoms with Gasteiger partial charge >= 0.3 is 0 Å². The lowest BCUT2D eigenvalue weighted by molar-refractivity contribution is 0.140. The van der Waals surface area contributed by atoms with Crippen molar-refractivity contribution in [2.75, 3.05) is 6.61 Å². The first-order valence-corrected chi connectivity index (χ1v) is 4.85. The first-order valence-electron chi connectivity index (χ1n) is 4.06. The fourth-order valence-electron chi connectivity index (χ4n) is 1.22. The molecule has 78 valence electrons. The molecule has 0 saturated carbocycles. The van der Waals surface area contributed by atoms with E-state index >= 15 is 0 Å². The minimum atomic E-state index is -0.360. The SMILES string of the molecule is Cc1c(F)cc(Br)c(O)c1CCON. The van der Waals surface area contributed by atoms with Gasteiger partial charge < -0.3 is 9.94 Å². The molecule has 0 atom stereocenters. The van der Waals surface area contributed by atoms with Crippen molar-refractivity contribution in [1.82, 2.24) is 0 Å². The Hall–Kier alpha value is -0.650. The van der Waals surface area contributed by atoms with Crippen LogP contribution in [0.15, 0.2) is 10.5 Å². The third kappa shape index (κ3) is 2.23. The van der Waals surface area contributed by atoms with Crippen molar-refractivity contribution in [3.8, 4) is 5.75 Å². The van der Waals surface area contributed by atoms with Gasteiger partial charge in [-0.25, -0.2) is 10.3 Å². The summed E-state index contributed by atoms with van der Waals surface area (Å²) >= 11 is 3.06. The number of hydrogen-bond donors (Lipinski definition) is 2. The van der Waals surface area contributed by atoms with Gasteiger partial charge in [-0.15, -0.1) is 0 Å². The molecule has 0 aliphatic rings. The minimum absolute atomic E-state index is 0.0425. The molecule has 0 aliphatic heterocycles. The maximum atomic E-state index is 13.2. The summed E-state index contributed by atoms with van der Waals surface area (Å²) in [5.74, 6) is 4.55. The number of rotatable bonds is 3. The first-order chi connectivity index (χ1) is 6.57. The molecule has 1 aromatic carbocycles. The second-order valence-electron chi connectivity index (χ2n) is 2.91. The van der Waals surface area contributed by atoms with Crippen LogP contribution in [-0.2, 0) is 11.3 Å². The van der Waals surface area contributed by atoms with E-state index in [1.807, 2.05) is 0 Å². The Morgan fingerprint density at radius 3 is 2.86 bits per heavy atom. The summed E-state index contributed by atoms with van der Waals surface area (Å²) in [5.41, 5.74) is 0.935. The quantitative estimate of drug-likeness (QED) is 0.821. The van der Waals surface area contributed by atoms with Crippen LogP contribution in [0.5, 0.6) is 5.75 Å². The van der Waals surface area contributed by atoms with E-state index in [1.165, 1.54) is 6.07 Å². The monoisotopic (exact) mass is 263 g/mol. The zero-order valence-corrected chi connectivity index (χ0v) is 9.27. The average molecular weight is 264 g/mol. The number of benzene rings is 1. The van der Waals surface area contributed by atoms with Gasteiger partial charge in [0.15, 0.2) is 0 Å². The summed E-state index contributed by atoms with van der Waals surface area (Å²) in [7, 11) is 0. The van der Waals surface area contributed by atoms with Gasteiger partial charge in [0, 0.05) is 12.0 Å². The molecular weight excluding hydrogens is 253 g/mol. The van der Waals surface area contributed by atoms with E-state index in [4.69, 9.17) is 5.90 Å². The van der Waals surface area contributed by atoms with Crippen LogP contribution in [0.3, 0.4) is 0 Å². The Morgan fingerprint density at radius 1 is 1.64 bits per heavy atom. The highest BCUT2D eigenvalue weighted by atomic mass is 79.9. The second kappa shape index (κ2) is 4.72. The number of aromatic hydroxyl groups is 1. The Kier molecular flexibility index (Phi) is 3.86. The zero-order valence-electron chi connectivity index (χ0n) is 7.68. The summed E-state index contributed by atoms with van der Waals surface area (Å²) in [6.07, 6.45) is 0.379. The van der Waals surface area contributed by atoms with Gasteiger partial charge in [-0.1, -0.05) is 0 Å². The average Bonchev–Trinajstić information content (AvgIpc) is 2.15. The Labute approximate surface area is 89.8 Å². The van der Waals surface area contributed by atoms with Crippen LogP contribution < -0.4 is 5.90 Å². The molecule has 0 unspecified atom stereocenters. The fourth-order valence-corrected chi connectivity index (χ4v) is 1.66. The van der Waals surface area contributed by atoms with Gasteiger partial charge in [-0.2, -0.15) is 0 Å². The smallest absolute Gasteiger partial charge is 0.133 e. The van der Waals surface area contributed by atoms with Crippen molar-refractivity contribution in [3.05, 3.63) is 27.5 Å². The number of phenolic OH excluding ortho intramolecular Hbond substituents is 1. The number of hydrogen-bond acceptors (Lipinski definition) is 3. The van der Waals surface area contributed by atoms with Crippen LogP contribution in [0, 0.1) is 12.7 Å². The number of phenols is 1. The number of halogens is 2. The highest BCUT2D eigenvalue weighted by Crippen LogP contribution is 2.32. The van der Waals surface area contributed by atoms with Crippen molar-refractivity contribution in [2.45, 2.75) is 13.3 Å². The fraction of sp³-hybridized carbons (Fsp3) is 0.333. The first kappa shape index (κ1) is 11.4. The molecular formula is C9H11BrFNO2. The van der Waals surface area contributed by atoms with Gasteiger partial charge in [0.1, 0.15) is 11.6 Å². The third-order valence-corrected chi connectivity index (χ3v) is 2.65. The predicted molar refractivity (Wildman–Crippen MR) is 54.3 cm³/mol. The van der Waals surface area contributed by atoms with Gasteiger partial charge in [0.25, 0.3) is 0 Å². The Morgan fingerprint density at radius 2 is 2.29 bits per heavy atom. The molecule has 3 nitrogen and oxygen atoms in total. The number of nitrogens with two attached hydrogens (primary N) is 1. The topological polar surface area (TPSA) is 55.5 Å². The summed E-state index contributed by atoms with van der Waals surface area (Å²) in [4.78, 5) is 4.39. The van der Waals surface area contributed by atoms with Gasteiger partial charge in [-0.05, 0) is 34.5 Å². The van der Waals surface area contributed by atoms with E-state index in [0.29, 0.717) is 22.0 Å². The molecule has 0 radical (unpaired) electrons. The summed E-state index contributed by atoms with van der Waals surface area (Å²) < 4.78 is 13.6. The standard InChI is InChI=1S/C9H11BrFNO2/c1-5-6(2-3-14-12)9(13)7(10)4-8(5)11/h4,13H,2-3,12H2,1H3.